The predicted molar refractivity (Wildman–Crippen MR) is 95.2 cm³/mol. The molecule has 0 fully saturated rings. The van der Waals surface area contributed by atoms with Crippen molar-refractivity contribution in [1.29, 1.82) is 0 Å². The van der Waals surface area contributed by atoms with Crippen LogP contribution in [-0.4, -0.2) is 30.0 Å². The first-order valence-electron chi connectivity index (χ1n) is 7.58. The van der Waals surface area contributed by atoms with E-state index in [9.17, 15) is 4.79 Å². The maximum Gasteiger partial charge on any atom is 0.231 e. The number of hydrogen-bond donors (Lipinski definition) is 1. The monoisotopic (exact) mass is 364 g/mol. The highest BCUT2D eigenvalue weighted by atomic mass is 35.5. The van der Waals surface area contributed by atoms with Crippen molar-refractivity contribution in [3.05, 3.63) is 58.6 Å². The molecule has 1 aliphatic heterocycles. The van der Waals surface area contributed by atoms with E-state index in [2.05, 4.69) is 0 Å². The van der Waals surface area contributed by atoms with Gasteiger partial charge in [-0.05, 0) is 42.0 Å². The first kappa shape index (κ1) is 17.1. The summed E-state index contributed by atoms with van der Waals surface area (Å²) in [5, 5.41) is 9.68. The number of aliphatic hydroxyl groups excluding tert-OH is 1. The van der Waals surface area contributed by atoms with Crippen molar-refractivity contribution in [3.8, 4) is 11.5 Å². The third-order valence-electron chi connectivity index (χ3n) is 3.72. The zero-order valence-electron chi connectivity index (χ0n) is 12.9. The minimum absolute atomic E-state index is 0.0415. The van der Waals surface area contributed by atoms with Crippen LogP contribution in [0, 0.1) is 0 Å². The SMILES string of the molecule is O=C(CC(SCCO)c1ccc2c(c1)OCO2)c1ccc(Cl)cc1. The van der Waals surface area contributed by atoms with E-state index in [1.54, 1.807) is 36.0 Å². The van der Waals surface area contributed by atoms with Crippen molar-refractivity contribution in [1.82, 2.24) is 0 Å². The van der Waals surface area contributed by atoms with Gasteiger partial charge in [0, 0.05) is 28.0 Å². The molecule has 0 saturated heterocycles. The molecule has 0 aliphatic carbocycles. The van der Waals surface area contributed by atoms with Crippen LogP contribution in [0.5, 0.6) is 11.5 Å². The van der Waals surface area contributed by atoms with Crippen molar-refractivity contribution in [2.75, 3.05) is 19.2 Å². The molecule has 1 N–H and O–H groups in total. The minimum Gasteiger partial charge on any atom is -0.454 e. The van der Waals surface area contributed by atoms with E-state index < -0.39 is 0 Å². The number of carbonyl (C=O) groups is 1. The topological polar surface area (TPSA) is 55.8 Å². The average Bonchev–Trinajstić information content (AvgIpc) is 3.06. The van der Waals surface area contributed by atoms with Gasteiger partial charge in [0.25, 0.3) is 0 Å². The predicted octanol–water partition coefficient (Wildman–Crippen LogP) is 4.11. The lowest BCUT2D eigenvalue weighted by Gasteiger charge is -2.16. The second-order valence-corrected chi connectivity index (χ2v) is 7.08. The number of thioether (sulfide) groups is 1. The summed E-state index contributed by atoms with van der Waals surface area (Å²) in [5.41, 5.74) is 1.62. The van der Waals surface area contributed by atoms with Crippen LogP contribution in [0.3, 0.4) is 0 Å². The molecule has 1 aliphatic rings. The number of ether oxygens (including phenoxy) is 2. The maximum atomic E-state index is 12.6. The third-order valence-corrected chi connectivity index (χ3v) is 5.23. The summed E-state index contributed by atoms with van der Waals surface area (Å²) in [6, 6.07) is 12.6. The number of halogens is 1. The van der Waals surface area contributed by atoms with Crippen molar-refractivity contribution in [2.24, 2.45) is 0 Å². The first-order chi connectivity index (χ1) is 11.7. The number of benzene rings is 2. The second-order valence-electron chi connectivity index (χ2n) is 5.33. The number of fused-ring (bicyclic) bond motifs is 1. The standard InChI is InChI=1S/C18H17ClO4S/c19-14-4-1-12(2-5-14)15(21)10-18(24-8-7-20)13-3-6-16-17(9-13)23-11-22-16/h1-6,9,18,20H,7-8,10-11H2. The molecule has 3 rings (SSSR count). The van der Waals surface area contributed by atoms with Crippen LogP contribution in [0.4, 0.5) is 0 Å². The van der Waals surface area contributed by atoms with Gasteiger partial charge in [0.15, 0.2) is 17.3 Å². The molecule has 0 bridgehead atoms. The van der Waals surface area contributed by atoms with Gasteiger partial charge in [-0.2, -0.15) is 11.8 Å². The van der Waals surface area contributed by atoms with E-state index in [4.69, 9.17) is 26.2 Å². The van der Waals surface area contributed by atoms with Crippen LogP contribution < -0.4 is 9.47 Å². The minimum atomic E-state index is -0.0603. The fourth-order valence-electron chi connectivity index (χ4n) is 2.50. The van der Waals surface area contributed by atoms with Gasteiger partial charge < -0.3 is 14.6 Å². The molecule has 6 heteroatoms. The average molecular weight is 365 g/mol. The van der Waals surface area contributed by atoms with E-state index in [-0.39, 0.29) is 24.4 Å². The number of Topliss-reactive ketones (excluding diaryl/α,β-unsaturated/α-hetero) is 1. The number of aliphatic hydroxyl groups is 1. The van der Waals surface area contributed by atoms with Crippen molar-refractivity contribution >= 4 is 29.1 Å². The second kappa shape index (κ2) is 7.92. The highest BCUT2D eigenvalue weighted by Crippen LogP contribution is 2.39. The summed E-state index contributed by atoms with van der Waals surface area (Å²) in [6.07, 6.45) is 0.339. The normalized spacial score (nSPS) is 13.8. The zero-order chi connectivity index (χ0) is 16.9. The summed E-state index contributed by atoms with van der Waals surface area (Å²) >= 11 is 7.42. The quantitative estimate of drug-likeness (QED) is 0.749. The molecule has 0 amide bonds. The summed E-state index contributed by atoms with van der Waals surface area (Å²) in [7, 11) is 0. The van der Waals surface area contributed by atoms with E-state index in [1.807, 2.05) is 18.2 Å². The van der Waals surface area contributed by atoms with Gasteiger partial charge in [-0.1, -0.05) is 17.7 Å². The Kier molecular flexibility index (Phi) is 5.66. The molecule has 1 heterocycles. The molecule has 24 heavy (non-hydrogen) atoms. The summed E-state index contributed by atoms with van der Waals surface area (Å²) in [6.45, 7) is 0.289. The summed E-state index contributed by atoms with van der Waals surface area (Å²) in [5.74, 6) is 2.02. The van der Waals surface area contributed by atoms with E-state index >= 15 is 0 Å². The summed E-state index contributed by atoms with van der Waals surface area (Å²) in [4.78, 5) is 12.6. The molecule has 1 atom stereocenters. The molecule has 0 radical (unpaired) electrons. The molecular formula is C18H17ClO4S. The Morgan fingerprint density at radius 3 is 2.67 bits per heavy atom. The molecule has 1 unspecified atom stereocenters. The van der Waals surface area contributed by atoms with Crippen LogP contribution >= 0.6 is 23.4 Å². The Hall–Kier alpha value is -1.69. The number of ketones is 1. The highest BCUT2D eigenvalue weighted by molar-refractivity contribution is 7.99. The lowest BCUT2D eigenvalue weighted by atomic mass is 10.0. The molecule has 2 aromatic rings. The fraction of sp³-hybridized carbons (Fsp3) is 0.278. The first-order valence-corrected chi connectivity index (χ1v) is 9.01. The van der Waals surface area contributed by atoms with E-state index in [1.165, 1.54) is 0 Å². The molecular weight excluding hydrogens is 348 g/mol. The van der Waals surface area contributed by atoms with Gasteiger partial charge in [-0.3, -0.25) is 4.79 Å². The third kappa shape index (κ3) is 4.04. The molecule has 0 spiro atoms. The van der Waals surface area contributed by atoms with Crippen LogP contribution in [0.25, 0.3) is 0 Å². The van der Waals surface area contributed by atoms with Gasteiger partial charge in [0.2, 0.25) is 6.79 Å². The van der Waals surface area contributed by atoms with Crippen LogP contribution in [0.1, 0.15) is 27.6 Å². The molecule has 0 aromatic heterocycles. The van der Waals surface area contributed by atoms with Gasteiger partial charge in [0.05, 0.1) is 6.61 Å². The lowest BCUT2D eigenvalue weighted by molar-refractivity contribution is 0.0982. The van der Waals surface area contributed by atoms with E-state index in [0.29, 0.717) is 34.3 Å². The van der Waals surface area contributed by atoms with Gasteiger partial charge in [0.1, 0.15) is 0 Å². The largest absolute Gasteiger partial charge is 0.454 e. The molecule has 0 saturated carbocycles. The van der Waals surface area contributed by atoms with Crippen molar-refractivity contribution in [3.63, 3.8) is 0 Å². The number of rotatable bonds is 7. The molecule has 2 aromatic carbocycles. The fourth-order valence-corrected chi connectivity index (χ4v) is 3.63. The lowest BCUT2D eigenvalue weighted by Crippen LogP contribution is -2.07. The zero-order valence-corrected chi connectivity index (χ0v) is 14.5. The Bertz CT molecular complexity index is 717. The van der Waals surface area contributed by atoms with Gasteiger partial charge in [-0.25, -0.2) is 0 Å². The Balaban J connectivity index is 1.78. The van der Waals surface area contributed by atoms with Gasteiger partial charge >= 0.3 is 0 Å². The van der Waals surface area contributed by atoms with Crippen LogP contribution in [0.15, 0.2) is 42.5 Å². The van der Waals surface area contributed by atoms with Crippen LogP contribution in [0.2, 0.25) is 5.02 Å². The summed E-state index contributed by atoms with van der Waals surface area (Å²) < 4.78 is 10.7. The number of carbonyl (C=O) groups excluding carboxylic acids is 1. The maximum absolute atomic E-state index is 12.6. The van der Waals surface area contributed by atoms with Gasteiger partial charge in [-0.15, -0.1) is 0 Å². The highest BCUT2D eigenvalue weighted by Gasteiger charge is 2.21. The smallest absolute Gasteiger partial charge is 0.231 e. The Labute approximate surface area is 149 Å². The Morgan fingerprint density at radius 1 is 1.17 bits per heavy atom. The molecule has 4 nitrogen and oxygen atoms in total. The van der Waals surface area contributed by atoms with E-state index in [0.717, 1.165) is 5.56 Å². The molecule has 126 valence electrons. The van der Waals surface area contributed by atoms with Crippen molar-refractivity contribution < 1.29 is 19.4 Å². The van der Waals surface area contributed by atoms with Crippen LogP contribution in [-0.2, 0) is 0 Å². The number of hydrogen-bond acceptors (Lipinski definition) is 5. The van der Waals surface area contributed by atoms with Crippen molar-refractivity contribution in [2.45, 2.75) is 11.7 Å². The Morgan fingerprint density at radius 2 is 1.92 bits per heavy atom.